The molecule has 8 nitrogen and oxygen atoms in total. The smallest absolute Gasteiger partial charge is 0.324 e. The first-order chi connectivity index (χ1) is 14.0. The molecule has 2 aliphatic heterocycles. The zero-order chi connectivity index (χ0) is 20.4. The van der Waals surface area contributed by atoms with E-state index in [-0.39, 0.29) is 30.3 Å². The highest BCUT2D eigenvalue weighted by atomic mass is 16.2. The van der Waals surface area contributed by atoms with Gasteiger partial charge in [0.05, 0.1) is 11.4 Å². The number of nitrogens with one attached hydrogen (secondary N) is 3. The molecule has 0 bridgehead atoms. The van der Waals surface area contributed by atoms with Gasteiger partial charge in [0.2, 0.25) is 5.91 Å². The molecule has 156 valence electrons. The van der Waals surface area contributed by atoms with Crippen molar-refractivity contribution >= 4 is 29.2 Å². The maximum atomic E-state index is 13.2. The van der Waals surface area contributed by atoms with Gasteiger partial charge in [0.15, 0.2) is 0 Å². The Balaban J connectivity index is 1.56. The van der Waals surface area contributed by atoms with E-state index in [1.807, 2.05) is 11.8 Å². The van der Waals surface area contributed by atoms with Gasteiger partial charge in [-0.1, -0.05) is 12.8 Å². The molecule has 2 heterocycles. The van der Waals surface area contributed by atoms with Crippen molar-refractivity contribution < 1.29 is 14.4 Å². The molecule has 1 atom stereocenters. The van der Waals surface area contributed by atoms with Gasteiger partial charge in [-0.2, -0.15) is 0 Å². The summed E-state index contributed by atoms with van der Waals surface area (Å²) >= 11 is 0. The van der Waals surface area contributed by atoms with E-state index in [1.165, 1.54) is 12.8 Å². The summed E-state index contributed by atoms with van der Waals surface area (Å²) in [6, 6.07) is 4.81. The summed E-state index contributed by atoms with van der Waals surface area (Å²) in [5.41, 5.74) is 1.64. The lowest BCUT2D eigenvalue weighted by Gasteiger charge is -2.35. The maximum absolute atomic E-state index is 13.2. The van der Waals surface area contributed by atoms with E-state index in [9.17, 15) is 14.4 Å². The number of piperazine rings is 1. The summed E-state index contributed by atoms with van der Waals surface area (Å²) in [6.45, 7) is 5.35. The van der Waals surface area contributed by atoms with E-state index in [1.54, 1.807) is 23.1 Å². The van der Waals surface area contributed by atoms with Gasteiger partial charge < -0.3 is 20.9 Å². The van der Waals surface area contributed by atoms with Crippen LogP contribution in [0.5, 0.6) is 0 Å². The quantitative estimate of drug-likeness (QED) is 0.719. The Morgan fingerprint density at radius 3 is 2.69 bits per heavy atom. The number of rotatable bonds is 4. The van der Waals surface area contributed by atoms with Crippen molar-refractivity contribution in [2.45, 2.75) is 38.6 Å². The first-order valence-corrected chi connectivity index (χ1v) is 10.5. The fourth-order valence-electron chi connectivity index (χ4n) is 3.98. The van der Waals surface area contributed by atoms with Crippen molar-refractivity contribution in [2.75, 3.05) is 42.9 Å². The molecule has 0 unspecified atom stereocenters. The molecule has 8 heteroatoms. The summed E-state index contributed by atoms with van der Waals surface area (Å²) in [7, 11) is 0. The van der Waals surface area contributed by atoms with Crippen LogP contribution in [0.15, 0.2) is 18.2 Å². The Morgan fingerprint density at radius 1 is 1.21 bits per heavy atom. The lowest BCUT2D eigenvalue weighted by molar-refractivity contribution is -0.116. The molecule has 2 fully saturated rings. The number of nitrogens with zero attached hydrogens (tertiary/aromatic N) is 2. The highest BCUT2D eigenvalue weighted by molar-refractivity contribution is 6.06. The molecular weight excluding hydrogens is 370 g/mol. The van der Waals surface area contributed by atoms with E-state index in [0.29, 0.717) is 36.6 Å². The number of hydrogen-bond acceptors (Lipinski definition) is 4. The Bertz CT molecular complexity index is 802. The van der Waals surface area contributed by atoms with Crippen LogP contribution in [0, 0.1) is 5.92 Å². The molecular formula is C21H29N5O3. The minimum absolute atomic E-state index is 0.0987. The number of anilines is 2. The van der Waals surface area contributed by atoms with Crippen LogP contribution in [0.2, 0.25) is 0 Å². The van der Waals surface area contributed by atoms with Gasteiger partial charge in [0, 0.05) is 50.7 Å². The number of carbonyl (C=O) groups excluding carboxylic acids is 3. The number of benzene rings is 1. The summed E-state index contributed by atoms with van der Waals surface area (Å²) < 4.78 is 0. The van der Waals surface area contributed by atoms with Crippen molar-refractivity contribution in [2.24, 2.45) is 5.92 Å². The second-order valence-corrected chi connectivity index (χ2v) is 8.21. The minimum Gasteiger partial charge on any atom is -0.352 e. The van der Waals surface area contributed by atoms with Crippen LogP contribution in [-0.4, -0.2) is 61.5 Å². The number of carbonyl (C=O) groups is 3. The molecule has 1 aliphatic carbocycles. The number of hydrogen-bond donors (Lipinski definition) is 3. The van der Waals surface area contributed by atoms with Crippen molar-refractivity contribution in [3.63, 3.8) is 0 Å². The first-order valence-electron chi connectivity index (χ1n) is 10.5. The highest BCUT2D eigenvalue weighted by Gasteiger charge is 2.33. The van der Waals surface area contributed by atoms with Crippen LogP contribution in [-0.2, 0) is 4.79 Å². The summed E-state index contributed by atoms with van der Waals surface area (Å²) in [4.78, 5) is 41.6. The molecule has 4 amide bonds. The molecule has 1 aromatic rings. The molecule has 4 rings (SSSR count). The molecule has 1 saturated heterocycles. The number of urea groups is 1. The molecule has 29 heavy (non-hydrogen) atoms. The third kappa shape index (κ3) is 4.53. The van der Waals surface area contributed by atoms with E-state index >= 15 is 0 Å². The minimum atomic E-state index is -0.267. The summed E-state index contributed by atoms with van der Waals surface area (Å²) in [6.07, 6.45) is 3.75. The fourth-order valence-corrected chi connectivity index (χ4v) is 3.98. The second-order valence-electron chi connectivity index (χ2n) is 8.21. The van der Waals surface area contributed by atoms with Crippen LogP contribution in [0.25, 0.3) is 0 Å². The van der Waals surface area contributed by atoms with Crippen molar-refractivity contribution in [1.29, 1.82) is 0 Å². The zero-order valence-corrected chi connectivity index (χ0v) is 16.9. The van der Waals surface area contributed by atoms with E-state index in [2.05, 4.69) is 16.0 Å². The normalized spacial score (nSPS) is 21.8. The van der Waals surface area contributed by atoms with Gasteiger partial charge in [0.1, 0.15) is 0 Å². The average Bonchev–Trinajstić information content (AvgIpc) is 3.54. The number of amides is 4. The summed E-state index contributed by atoms with van der Waals surface area (Å²) in [5, 5.41) is 9.07. The Hall–Kier alpha value is -2.61. The van der Waals surface area contributed by atoms with Gasteiger partial charge >= 0.3 is 6.03 Å². The Labute approximate surface area is 171 Å². The zero-order valence-electron chi connectivity index (χ0n) is 16.9. The van der Waals surface area contributed by atoms with E-state index in [4.69, 9.17) is 0 Å². The van der Waals surface area contributed by atoms with Crippen LogP contribution in [0.3, 0.4) is 0 Å². The van der Waals surface area contributed by atoms with E-state index < -0.39 is 0 Å². The predicted octanol–water partition coefficient (Wildman–Crippen LogP) is 1.78. The van der Waals surface area contributed by atoms with Gasteiger partial charge in [-0.05, 0) is 37.5 Å². The SMILES string of the molecule is C[C@H]1CC(=O)Nc2cc(C(=O)NCCC3CC3)ccc2N1C(=O)N1CCNCC1. The monoisotopic (exact) mass is 399 g/mol. The Morgan fingerprint density at radius 2 is 1.97 bits per heavy atom. The lowest BCUT2D eigenvalue weighted by Crippen LogP contribution is -2.53. The molecule has 0 radical (unpaired) electrons. The maximum Gasteiger partial charge on any atom is 0.324 e. The van der Waals surface area contributed by atoms with Gasteiger partial charge in [-0.25, -0.2) is 4.79 Å². The topological polar surface area (TPSA) is 93.8 Å². The summed E-state index contributed by atoms with van der Waals surface area (Å²) in [5.74, 6) is 0.452. The predicted molar refractivity (Wildman–Crippen MR) is 111 cm³/mol. The largest absolute Gasteiger partial charge is 0.352 e. The molecule has 0 spiro atoms. The average molecular weight is 399 g/mol. The van der Waals surface area contributed by atoms with Crippen molar-refractivity contribution in [3.05, 3.63) is 23.8 Å². The first kappa shape index (κ1) is 19.7. The van der Waals surface area contributed by atoms with Gasteiger partial charge in [-0.15, -0.1) is 0 Å². The van der Waals surface area contributed by atoms with Crippen LogP contribution in [0.1, 0.15) is 43.0 Å². The van der Waals surface area contributed by atoms with Crippen LogP contribution < -0.4 is 20.9 Å². The molecule has 1 saturated carbocycles. The third-order valence-corrected chi connectivity index (χ3v) is 5.84. The van der Waals surface area contributed by atoms with Crippen molar-refractivity contribution in [3.8, 4) is 0 Å². The van der Waals surface area contributed by atoms with Crippen LogP contribution in [0.4, 0.5) is 16.2 Å². The molecule has 1 aromatic carbocycles. The van der Waals surface area contributed by atoms with Gasteiger partial charge in [-0.3, -0.25) is 14.5 Å². The van der Waals surface area contributed by atoms with Crippen LogP contribution >= 0.6 is 0 Å². The molecule has 3 aliphatic rings. The fraction of sp³-hybridized carbons (Fsp3) is 0.571. The Kier molecular flexibility index (Phi) is 5.71. The number of fused-ring (bicyclic) bond motifs is 1. The molecule has 0 aromatic heterocycles. The van der Waals surface area contributed by atoms with Gasteiger partial charge in [0.25, 0.3) is 5.91 Å². The molecule has 3 N–H and O–H groups in total. The van der Waals surface area contributed by atoms with E-state index in [0.717, 1.165) is 25.4 Å². The lowest BCUT2D eigenvalue weighted by atomic mass is 10.1. The second kappa shape index (κ2) is 8.41. The standard InChI is InChI=1S/C21H29N5O3/c1-14-12-19(27)24-17-13-16(20(28)23-7-6-15-2-3-15)4-5-18(17)26(14)21(29)25-10-8-22-9-11-25/h4-5,13-15,22H,2-3,6-12H2,1H3,(H,23,28)(H,24,27)/t14-/m0/s1. The van der Waals surface area contributed by atoms with Crippen molar-refractivity contribution in [1.82, 2.24) is 15.5 Å². The third-order valence-electron chi connectivity index (χ3n) is 5.84. The highest BCUT2D eigenvalue weighted by Crippen LogP contribution is 2.34.